The number of phenols is 1. The molecule has 1 aromatic rings. The van der Waals surface area contributed by atoms with Crippen molar-refractivity contribution >= 4 is 11.4 Å². The van der Waals surface area contributed by atoms with Gasteiger partial charge < -0.3 is 5.11 Å². The number of hydrogen-bond donors (Lipinski definition) is 1. The molecule has 0 atom stereocenters. The average molecular weight is 266 g/mol. The molecule has 0 amide bonds. The van der Waals surface area contributed by atoms with Crippen molar-refractivity contribution in [2.75, 3.05) is 0 Å². The second-order valence-corrected chi connectivity index (χ2v) is 4.75. The minimum absolute atomic E-state index is 0.0349. The molecule has 0 aromatic heterocycles. The zero-order valence-electron chi connectivity index (χ0n) is 10.2. The second kappa shape index (κ2) is 5.21. The Morgan fingerprint density at radius 1 is 1.05 bits per heavy atom. The molecular weight excluding hydrogens is 252 g/mol. The van der Waals surface area contributed by atoms with Crippen LogP contribution in [0.3, 0.4) is 0 Å². The molecule has 2 rings (SSSR count). The second-order valence-electron chi connectivity index (χ2n) is 4.75. The lowest BCUT2D eigenvalue weighted by Gasteiger charge is -2.22. The van der Waals surface area contributed by atoms with E-state index in [1.54, 1.807) is 0 Å². The van der Waals surface area contributed by atoms with Gasteiger partial charge >= 0.3 is 5.69 Å². The van der Waals surface area contributed by atoms with Crippen molar-refractivity contribution in [3.63, 3.8) is 0 Å². The zero-order chi connectivity index (χ0) is 14.0. The lowest BCUT2D eigenvalue weighted by molar-refractivity contribution is -0.394. The van der Waals surface area contributed by atoms with Gasteiger partial charge in [-0.15, -0.1) is 0 Å². The Kier molecular flexibility index (Phi) is 3.64. The van der Waals surface area contributed by atoms with Crippen molar-refractivity contribution in [2.24, 2.45) is 0 Å². The first-order valence-corrected chi connectivity index (χ1v) is 6.16. The Labute approximate surface area is 109 Å². The van der Waals surface area contributed by atoms with Gasteiger partial charge in [0.25, 0.3) is 5.69 Å². The molecule has 0 heterocycles. The van der Waals surface area contributed by atoms with E-state index in [2.05, 4.69) is 0 Å². The lowest BCUT2D eigenvalue weighted by atomic mass is 9.83. The van der Waals surface area contributed by atoms with Crippen LogP contribution in [0.15, 0.2) is 12.1 Å². The van der Waals surface area contributed by atoms with Crippen molar-refractivity contribution in [2.45, 2.75) is 38.0 Å². The number of nitro benzene ring substituents is 2. The SMILES string of the molecule is O=[N+]([O-])c1cc(C2CCCCC2)c(O)c([N+](=O)[O-])c1. The van der Waals surface area contributed by atoms with Gasteiger partial charge in [-0.2, -0.15) is 0 Å². The first kappa shape index (κ1) is 13.3. The predicted molar refractivity (Wildman–Crippen MR) is 67.2 cm³/mol. The molecule has 1 aromatic carbocycles. The van der Waals surface area contributed by atoms with Gasteiger partial charge in [0.1, 0.15) is 0 Å². The van der Waals surface area contributed by atoms with Gasteiger partial charge in [0.05, 0.1) is 15.9 Å². The van der Waals surface area contributed by atoms with E-state index in [0.717, 1.165) is 38.2 Å². The van der Waals surface area contributed by atoms with Crippen molar-refractivity contribution in [1.82, 2.24) is 0 Å². The van der Waals surface area contributed by atoms with Crippen LogP contribution in [0.25, 0.3) is 0 Å². The summed E-state index contributed by atoms with van der Waals surface area (Å²) in [6, 6.07) is 2.07. The summed E-state index contributed by atoms with van der Waals surface area (Å²) in [5.41, 5.74) is -0.597. The summed E-state index contributed by atoms with van der Waals surface area (Å²) < 4.78 is 0. The highest BCUT2D eigenvalue weighted by Crippen LogP contribution is 2.43. The summed E-state index contributed by atoms with van der Waals surface area (Å²) in [5, 5.41) is 31.6. The minimum atomic E-state index is -0.783. The van der Waals surface area contributed by atoms with Gasteiger partial charge in [0.2, 0.25) is 0 Å². The maximum absolute atomic E-state index is 10.9. The predicted octanol–water partition coefficient (Wildman–Crippen LogP) is 3.26. The number of nitro groups is 2. The largest absolute Gasteiger partial charge is 0.502 e. The zero-order valence-corrected chi connectivity index (χ0v) is 10.2. The maximum atomic E-state index is 10.9. The van der Waals surface area contributed by atoms with Crippen LogP contribution in [-0.4, -0.2) is 15.0 Å². The first-order valence-electron chi connectivity index (χ1n) is 6.16. The fraction of sp³-hybridized carbons (Fsp3) is 0.500. The van der Waals surface area contributed by atoms with E-state index >= 15 is 0 Å². The van der Waals surface area contributed by atoms with Gasteiger partial charge in [0.15, 0.2) is 5.75 Å². The fourth-order valence-electron chi connectivity index (χ4n) is 2.60. The van der Waals surface area contributed by atoms with E-state index in [-0.39, 0.29) is 11.6 Å². The van der Waals surface area contributed by atoms with Crippen LogP contribution in [0.5, 0.6) is 5.75 Å². The molecule has 7 nitrogen and oxygen atoms in total. The van der Waals surface area contributed by atoms with E-state index in [1.807, 2.05) is 0 Å². The van der Waals surface area contributed by atoms with Crippen LogP contribution in [0.4, 0.5) is 11.4 Å². The Balaban J connectivity index is 2.51. The third kappa shape index (κ3) is 2.64. The van der Waals surface area contributed by atoms with Crippen LogP contribution in [0, 0.1) is 20.2 Å². The van der Waals surface area contributed by atoms with E-state index in [0.29, 0.717) is 5.56 Å². The smallest absolute Gasteiger partial charge is 0.317 e. The standard InChI is InChI=1S/C12H14N2O5/c15-12-10(8-4-2-1-3-5-8)6-9(13(16)17)7-11(12)14(18)19/h6-8,15H,1-5H2. The number of benzene rings is 1. The molecule has 1 saturated carbocycles. The van der Waals surface area contributed by atoms with E-state index < -0.39 is 21.3 Å². The molecule has 0 unspecified atom stereocenters. The molecule has 102 valence electrons. The molecule has 0 saturated heterocycles. The molecule has 1 aliphatic rings. The van der Waals surface area contributed by atoms with Gasteiger partial charge in [-0.3, -0.25) is 20.2 Å². The van der Waals surface area contributed by atoms with Gasteiger partial charge in [0, 0.05) is 11.6 Å². The topological polar surface area (TPSA) is 107 Å². The number of nitrogens with zero attached hydrogens (tertiary/aromatic N) is 2. The number of rotatable bonds is 3. The van der Waals surface area contributed by atoms with E-state index in [4.69, 9.17) is 0 Å². The van der Waals surface area contributed by atoms with Gasteiger partial charge in [-0.1, -0.05) is 19.3 Å². The molecule has 0 aliphatic heterocycles. The first-order chi connectivity index (χ1) is 9.00. The summed E-state index contributed by atoms with van der Waals surface area (Å²) in [4.78, 5) is 20.2. The maximum Gasteiger partial charge on any atom is 0.317 e. The Morgan fingerprint density at radius 3 is 2.21 bits per heavy atom. The average Bonchev–Trinajstić information content (AvgIpc) is 2.39. The van der Waals surface area contributed by atoms with Crippen LogP contribution in [0.1, 0.15) is 43.6 Å². The molecule has 7 heteroatoms. The Bertz CT molecular complexity index is 523. The summed E-state index contributed by atoms with van der Waals surface area (Å²) in [6.45, 7) is 0. The van der Waals surface area contributed by atoms with Crippen molar-refractivity contribution in [3.05, 3.63) is 37.9 Å². The fourth-order valence-corrected chi connectivity index (χ4v) is 2.60. The minimum Gasteiger partial charge on any atom is -0.502 e. The van der Waals surface area contributed by atoms with Crippen LogP contribution in [-0.2, 0) is 0 Å². The number of non-ortho nitro benzene ring substituents is 1. The highest BCUT2D eigenvalue weighted by Gasteiger charge is 2.28. The quantitative estimate of drug-likeness (QED) is 0.667. The van der Waals surface area contributed by atoms with Crippen LogP contribution >= 0.6 is 0 Å². The summed E-state index contributed by atoms with van der Waals surface area (Å²) in [5.74, 6) is -0.463. The summed E-state index contributed by atoms with van der Waals surface area (Å²) >= 11 is 0. The monoisotopic (exact) mass is 266 g/mol. The molecule has 0 radical (unpaired) electrons. The number of hydrogen-bond acceptors (Lipinski definition) is 5. The van der Waals surface area contributed by atoms with Crippen LogP contribution in [0.2, 0.25) is 0 Å². The van der Waals surface area contributed by atoms with Crippen molar-refractivity contribution in [3.8, 4) is 5.75 Å². The molecule has 1 N–H and O–H groups in total. The highest BCUT2D eigenvalue weighted by atomic mass is 16.6. The van der Waals surface area contributed by atoms with Crippen molar-refractivity contribution < 1.29 is 15.0 Å². The van der Waals surface area contributed by atoms with E-state index in [1.165, 1.54) is 6.07 Å². The third-order valence-electron chi connectivity index (χ3n) is 3.56. The third-order valence-corrected chi connectivity index (χ3v) is 3.56. The Morgan fingerprint density at radius 2 is 1.68 bits per heavy atom. The number of aromatic hydroxyl groups is 1. The molecule has 0 bridgehead atoms. The van der Waals surface area contributed by atoms with E-state index in [9.17, 15) is 25.3 Å². The lowest BCUT2D eigenvalue weighted by Crippen LogP contribution is -2.06. The number of phenolic OH excluding ortho intramolecular Hbond substituents is 1. The van der Waals surface area contributed by atoms with Crippen LogP contribution < -0.4 is 0 Å². The highest BCUT2D eigenvalue weighted by molar-refractivity contribution is 5.58. The van der Waals surface area contributed by atoms with Gasteiger partial charge in [-0.05, 0) is 18.8 Å². The summed E-state index contributed by atoms with van der Waals surface area (Å²) in [6.07, 6.45) is 4.63. The Hall–Kier alpha value is -2.18. The molecule has 1 aliphatic carbocycles. The molecular formula is C12H14N2O5. The molecule has 19 heavy (non-hydrogen) atoms. The van der Waals surface area contributed by atoms with Gasteiger partial charge in [-0.25, -0.2) is 0 Å². The summed E-state index contributed by atoms with van der Waals surface area (Å²) in [7, 11) is 0. The van der Waals surface area contributed by atoms with Crippen molar-refractivity contribution in [1.29, 1.82) is 0 Å². The normalized spacial score (nSPS) is 16.2. The molecule has 1 fully saturated rings. The molecule has 0 spiro atoms.